The lowest BCUT2D eigenvalue weighted by atomic mass is 10.0. The molecule has 3 nitrogen and oxygen atoms in total. The number of aromatic nitrogens is 1. The molecule has 3 heteroatoms. The molecule has 70 valence electrons. The number of hydrogen-bond donors (Lipinski definition) is 1. The summed E-state index contributed by atoms with van der Waals surface area (Å²) in [4.78, 5) is 15.3. The molecule has 1 aromatic heterocycles. The van der Waals surface area contributed by atoms with Crippen molar-refractivity contribution in [1.82, 2.24) is 4.98 Å². The van der Waals surface area contributed by atoms with Crippen LogP contribution in [-0.2, 0) is 0 Å². The van der Waals surface area contributed by atoms with Crippen LogP contribution in [0.1, 0.15) is 15.9 Å². The Bertz CT molecular complexity index is 506. The molecule has 0 fully saturated rings. The number of hydrogen-bond acceptors (Lipinski definition) is 2. The predicted octanol–water partition coefficient (Wildman–Crippen LogP) is 1.64. The second-order valence-electron chi connectivity index (χ2n) is 3.19. The summed E-state index contributed by atoms with van der Waals surface area (Å²) in [6.45, 7) is 1.98. The highest BCUT2D eigenvalue weighted by atomic mass is 16.1. The van der Waals surface area contributed by atoms with Gasteiger partial charge in [0.05, 0.1) is 11.1 Å². The van der Waals surface area contributed by atoms with E-state index in [2.05, 4.69) is 4.98 Å². The third-order valence-electron chi connectivity index (χ3n) is 2.25. The number of nitrogens with zero attached hydrogens (tertiary/aromatic N) is 1. The molecule has 0 saturated heterocycles. The van der Waals surface area contributed by atoms with E-state index in [1.165, 1.54) is 0 Å². The van der Waals surface area contributed by atoms with E-state index < -0.39 is 5.91 Å². The number of carbonyl (C=O) groups excluding carboxylic acids is 1. The zero-order valence-electron chi connectivity index (χ0n) is 7.82. The number of primary amides is 1. The lowest BCUT2D eigenvalue weighted by Gasteiger charge is -2.04. The van der Waals surface area contributed by atoms with Gasteiger partial charge in [-0.25, -0.2) is 0 Å². The first kappa shape index (κ1) is 8.69. The second kappa shape index (κ2) is 3.10. The van der Waals surface area contributed by atoms with Crippen molar-refractivity contribution in [2.24, 2.45) is 5.73 Å². The Morgan fingerprint density at radius 3 is 2.86 bits per heavy atom. The monoisotopic (exact) mass is 186 g/mol. The van der Waals surface area contributed by atoms with Crippen molar-refractivity contribution in [3.8, 4) is 0 Å². The van der Waals surface area contributed by atoms with Crippen LogP contribution in [0.25, 0.3) is 10.9 Å². The number of benzene rings is 1. The van der Waals surface area contributed by atoms with Crippen LogP contribution >= 0.6 is 0 Å². The summed E-state index contributed by atoms with van der Waals surface area (Å²) < 4.78 is 0. The quantitative estimate of drug-likeness (QED) is 0.736. The maximum absolute atomic E-state index is 11.1. The Balaban J connectivity index is 2.88. The molecule has 0 radical (unpaired) electrons. The molecule has 2 N–H and O–H groups in total. The van der Waals surface area contributed by atoms with E-state index in [4.69, 9.17) is 5.73 Å². The van der Waals surface area contributed by atoms with E-state index in [1.807, 2.05) is 25.1 Å². The lowest BCUT2D eigenvalue weighted by Crippen LogP contribution is -2.12. The Morgan fingerprint density at radius 1 is 1.36 bits per heavy atom. The summed E-state index contributed by atoms with van der Waals surface area (Å²) in [5, 5.41) is 0.976. The molecule has 1 amide bonds. The SMILES string of the molecule is Cc1ccc(C(N)=O)c2ncccc12. The minimum absolute atomic E-state index is 0.436. The Hall–Kier alpha value is -1.90. The zero-order valence-corrected chi connectivity index (χ0v) is 7.82. The normalized spacial score (nSPS) is 10.4. The molecule has 1 heterocycles. The number of amides is 1. The van der Waals surface area contributed by atoms with Crippen molar-refractivity contribution in [3.05, 3.63) is 41.6 Å². The third kappa shape index (κ3) is 1.23. The molecule has 0 bridgehead atoms. The third-order valence-corrected chi connectivity index (χ3v) is 2.25. The fourth-order valence-electron chi connectivity index (χ4n) is 1.51. The fourth-order valence-corrected chi connectivity index (χ4v) is 1.51. The Labute approximate surface area is 81.6 Å². The number of carbonyl (C=O) groups is 1. The average Bonchev–Trinajstić information content (AvgIpc) is 2.18. The molecule has 1 aromatic carbocycles. The van der Waals surface area contributed by atoms with Crippen LogP contribution in [0, 0.1) is 6.92 Å². The highest BCUT2D eigenvalue weighted by molar-refractivity contribution is 6.05. The maximum Gasteiger partial charge on any atom is 0.250 e. The van der Waals surface area contributed by atoms with Gasteiger partial charge in [0.25, 0.3) is 5.91 Å². The van der Waals surface area contributed by atoms with Crippen molar-refractivity contribution >= 4 is 16.8 Å². The lowest BCUT2D eigenvalue weighted by molar-refractivity contribution is 0.100. The number of fused-ring (bicyclic) bond motifs is 1. The van der Waals surface area contributed by atoms with Gasteiger partial charge in [0.1, 0.15) is 0 Å². The predicted molar refractivity (Wildman–Crippen MR) is 55.0 cm³/mol. The minimum Gasteiger partial charge on any atom is -0.366 e. The Kier molecular flexibility index (Phi) is 1.93. The van der Waals surface area contributed by atoms with Crippen LogP contribution < -0.4 is 5.73 Å². The Morgan fingerprint density at radius 2 is 2.14 bits per heavy atom. The first-order valence-corrected chi connectivity index (χ1v) is 4.34. The van der Waals surface area contributed by atoms with Gasteiger partial charge in [-0.15, -0.1) is 0 Å². The molecule has 0 spiro atoms. The van der Waals surface area contributed by atoms with Crippen LogP contribution in [-0.4, -0.2) is 10.9 Å². The van der Waals surface area contributed by atoms with Crippen molar-refractivity contribution in [2.75, 3.05) is 0 Å². The molecule has 0 atom stereocenters. The number of pyridine rings is 1. The molecule has 14 heavy (non-hydrogen) atoms. The van der Waals surface area contributed by atoms with Crippen LogP contribution in [0.4, 0.5) is 0 Å². The van der Waals surface area contributed by atoms with E-state index in [0.29, 0.717) is 11.1 Å². The first-order valence-electron chi connectivity index (χ1n) is 4.34. The summed E-state index contributed by atoms with van der Waals surface area (Å²) in [7, 11) is 0. The fraction of sp³-hybridized carbons (Fsp3) is 0.0909. The standard InChI is InChI=1S/C11H10N2O/c1-7-4-5-9(11(12)14)10-8(7)3-2-6-13-10/h2-6H,1H3,(H2,12,14). The summed E-state index contributed by atoms with van der Waals surface area (Å²) in [6.07, 6.45) is 1.66. The van der Waals surface area contributed by atoms with Gasteiger partial charge < -0.3 is 5.73 Å². The van der Waals surface area contributed by atoms with Crippen LogP contribution in [0.5, 0.6) is 0 Å². The maximum atomic E-state index is 11.1. The van der Waals surface area contributed by atoms with Crippen LogP contribution in [0.3, 0.4) is 0 Å². The molecule has 0 aliphatic rings. The van der Waals surface area contributed by atoms with Crippen LogP contribution in [0.2, 0.25) is 0 Å². The molecular formula is C11H10N2O. The van der Waals surface area contributed by atoms with Gasteiger partial charge in [0.15, 0.2) is 0 Å². The highest BCUT2D eigenvalue weighted by Crippen LogP contribution is 2.19. The summed E-state index contributed by atoms with van der Waals surface area (Å²) >= 11 is 0. The van der Waals surface area contributed by atoms with Gasteiger partial charge in [0.2, 0.25) is 0 Å². The molecule has 2 rings (SSSR count). The van der Waals surface area contributed by atoms with Crippen molar-refractivity contribution in [2.45, 2.75) is 6.92 Å². The van der Waals surface area contributed by atoms with E-state index in [1.54, 1.807) is 12.3 Å². The largest absolute Gasteiger partial charge is 0.366 e. The highest BCUT2D eigenvalue weighted by Gasteiger charge is 2.08. The van der Waals surface area contributed by atoms with E-state index >= 15 is 0 Å². The molecule has 0 unspecified atom stereocenters. The van der Waals surface area contributed by atoms with Gasteiger partial charge in [0, 0.05) is 11.6 Å². The van der Waals surface area contributed by atoms with Crippen molar-refractivity contribution in [3.63, 3.8) is 0 Å². The second-order valence-corrected chi connectivity index (χ2v) is 3.19. The zero-order chi connectivity index (χ0) is 10.1. The van der Waals surface area contributed by atoms with E-state index in [-0.39, 0.29) is 0 Å². The topological polar surface area (TPSA) is 56.0 Å². The van der Waals surface area contributed by atoms with Gasteiger partial charge >= 0.3 is 0 Å². The molecular weight excluding hydrogens is 176 g/mol. The summed E-state index contributed by atoms with van der Waals surface area (Å²) in [5.41, 5.74) is 7.50. The smallest absolute Gasteiger partial charge is 0.250 e. The van der Waals surface area contributed by atoms with Crippen molar-refractivity contribution in [1.29, 1.82) is 0 Å². The summed E-state index contributed by atoms with van der Waals surface area (Å²) in [5.74, 6) is -0.436. The molecule has 0 saturated carbocycles. The van der Waals surface area contributed by atoms with Crippen LogP contribution in [0.15, 0.2) is 30.5 Å². The first-order chi connectivity index (χ1) is 6.70. The van der Waals surface area contributed by atoms with Gasteiger partial charge in [-0.3, -0.25) is 9.78 Å². The minimum atomic E-state index is -0.436. The molecule has 0 aliphatic heterocycles. The van der Waals surface area contributed by atoms with E-state index in [9.17, 15) is 4.79 Å². The average molecular weight is 186 g/mol. The number of aryl methyl sites for hydroxylation is 1. The van der Waals surface area contributed by atoms with Gasteiger partial charge in [-0.1, -0.05) is 12.1 Å². The van der Waals surface area contributed by atoms with E-state index in [0.717, 1.165) is 10.9 Å². The summed E-state index contributed by atoms with van der Waals surface area (Å²) in [6, 6.07) is 7.38. The van der Waals surface area contributed by atoms with Gasteiger partial charge in [-0.05, 0) is 24.6 Å². The van der Waals surface area contributed by atoms with Crippen molar-refractivity contribution < 1.29 is 4.79 Å². The molecule has 0 aliphatic carbocycles. The number of nitrogens with two attached hydrogens (primary N) is 1. The van der Waals surface area contributed by atoms with Gasteiger partial charge in [-0.2, -0.15) is 0 Å². The number of rotatable bonds is 1. The molecule has 2 aromatic rings.